The Morgan fingerprint density at radius 2 is 2.06 bits per heavy atom. The summed E-state index contributed by atoms with van der Waals surface area (Å²) in [5.41, 5.74) is 2.62. The average Bonchev–Trinajstić information content (AvgIpc) is 2.94. The minimum Gasteiger partial charge on any atom is -0.379 e. The second kappa shape index (κ2) is 5.61. The van der Waals surface area contributed by atoms with Gasteiger partial charge in [-0.2, -0.15) is 0 Å². The van der Waals surface area contributed by atoms with Gasteiger partial charge in [-0.1, -0.05) is 24.3 Å². The van der Waals surface area contributed by atoms with E-state index in [0.29, 0.717) is 0 Å². The van der Waals surface area contributed by atoms with Crippen molar-refractivity contribution in [3.05, 3.63) is 41.4 Å². The molecule has 18 heavy (non-hydrogen) atoms. The third-order valence-electron chi connectivity index (χ3n) is 3.18. The molecule has 1 fully saturated rings. The molecule has 0 atom stereocenters. The van der Waals surface area contributed by atoms with Crippen LogP contribution in [-0.4, -0.2) is 36.2 Å². The average molecular weight is 260 g/mol. The van der Waals surface area contributed by atoms with E-state index in [4.69, 9.17) is 4.74 Å². The number of aromatic nitrogens is 1. The van der Waals surface area contributed by atoms with Crippen molar-refractivity contribution in [2.75, 3.05) is 26.3 Å². The van der Waals surface area contributed by atoms with Gasteiger partial charge < -0.3 is 4.74 Å². The van der Waals surface area contributed by atoms with Gasteiger partial charge in [0, 0.05) is 36.8 Å². The van der Waals surface area contributed by atoms with E-state index >= 15 is 0 Å². The van der Waals surface area contributed by atoms with Crippen LogP contribution in [0.3, 0.4) is 0 Å². The van der Waals surface area contributed by atoms with Crippen LogP contribution >= 0.6 is 11.3 Å². The number of thiazole rings is 1. The van der Waals surface area contributed by atoms with Crippen LogP contribution in [0.2, 0.25) is 0 Å². The molecule has 0 aliphatic carbocycles. The van der Waals surface area contributed by atoms with Crippen molar-refractivity contribution in [1.82, 2.24) is 9.88 Å². The van der Waals surface area contributed by atoms with E-state index in [0.717, 1.165) is 37.9 Å². The summed E-state index contributed by atoms with van der Waals surface area (Å²) in [6.07, 6.45) is 1.87. The number of ether oxygens (including phenoxy) is 1. The monoisotopic (exact) mass is 260 g/mol. The van der Waals surface area contributed by atoms with Crippen LogP contribution in [0.4, 0.5) is 0 Å². The Morgan fingerprint density at radius 3 is 2.83 bits per heavy atom. The second-order valence-electron chi connectivity index (χ2n) is 4.38. The first kappa shape index (κ1) is 11.8. The maximum atomic E-state index is 5.39. The lowest BCUT2D eigenvalue weighted by molar-refractivity contribution is 0.0342. The van der Waals surface area contributed by atoms with Crippen molar-refractivity contribution >= 4 is 11.3 Å². The second-order valence-corrected chi connectivity index (χ2v) is 5.28. The Kier molecular flexibility index (Phi) is 3.69. The molecule has 1 saturated heterocycles. The summed E-state index contributed by atoms with van der Waals surface area (Å²) in [7, 11) is 0. The molecule has 2 aromatic rings. The van der Waals surface area contributed by atoms with Crippen LogP contribution in [-0.2, 0) is 11.3 Å². The van der Waals surface area contributed by atoms with Gasteiger partial charge in [-0.05, 0) is 5.56 Å². The third-order valence-corrected chi connectivity index (χ3v) is 3.98. The molecule has 2 heterocycles. The topological polar surface area (TPSA) is 25.4 Å². The van der Waals surface area contributed by atoms with Gasteiger partial charge in [0.15, 0.2) is 0 Å². The molecule has 0 saturated carbocycles. The number of benzene rings is 1. The predicted molar refractivity (Wildman–Crippen MR) is 73.6 cm³/mol. The van der Waals surface area contributed by atoms with E-state index in [-0.39, 0.29) is 0 Å². The van der Waals surface area contributed by atoms with Crippen LogP contribution < -0.4 is 0 Å². The summed E-state index contributed by atoms with van der Waals surface area (Å²) in [5, 5.41) is 3.14. The van der Waals surface area contributed by atoms with Crippen molar-refractivity contribution in [2.45, 2.75) is 6.54 Å². The first-order valence-electron chi connectivity index (χ1n) is 6.21. The molecule has 0 bridgehead atoms. The molecule has 0 radical (unpaired) electrons. The van der Waals surface area contributed by atoms with Crippen molar-refractivity contribution in [1.29, 1.82) is 0 Å². The van der Waals surface area contributed by atoms with Crippen molar-refractivity contribution in [3.8, 4) is 10.6 Å². The van der Waals surface area contributed by atoms with Gasteiger partial charge in [0.1, 0.15) is 5.01 Å². The van der Waals surface area contributed by atoms with Crippen molar-refractivity contribution < 1.29 is 4.74 Å². The van der Waals surface area contributed by atoms with Gasteiger partial charge >= 0.3 is 0 Å². The van der Waals surface area contributed by atoms with Crippen LogP contribution in [0, 0.1) is 0 Å². The lowest BCUT2D eigenvalue weighted by atomic mass is 10.1. The van der Waals surface area contributed by atoms with Crippen LogP contribution in [0.1, 0.15) is 5.56 Å². The summed E-state index contributed by atoms with van der Waals surface area (Å²) in [6.45, 7) is 4.72. The quantitative estimate of drug-likeness (QED) is 0.848. The fourth-order valence-electron chi connectivity index (χ4n) is 2.22. The molecule has 3 rings (SSSR count). The van der Waals surface area contributed by atoms with Gasteiger partial charge in [-0.15, -0.1) is 11.3 Å². The lowest BCUT2D eigenvalue weighted by Crippen LogP contribution is -2.35. The highest BCUT2D eigenvalue weighted by Gasteiger charge is 2.13. The number of rotatable bonds is 3. The summed E-state index contributed by atoms with van der Waals surface area (Å²) in [6, 6.07) is 8.55. The molecule has 0 N–H and O–H groups in total. The predicted octanol–water partition coefficient (Wildman–Crippen LogP) is 2.64. The normalized spacial score (nSPS) is 16.9. The van der Waals surface area contributed by atoms with E-state index < -0.39 is 0 Å². The Hall–Kier alpha value is -1.23. The summed E-state index contributed by atoms with van der Waals surface area (Å²) in [4.78, 5) is 6.86. The summed E-state index contributed by atoms with van der Waals surface area (Å²) in [5.74, 6) is 0. The SMILES string of the molecule is c1ccc(-c2nccs2)c(CN2CCOCC2)c1. The molecule has 4 heteroatoms. The Balaban J connectivity index is 1.83. The molecule has 1 aliphatic rings. The smallest absolute Gasteiger partial charge is 0.123 e. The van der Waals surface area contributed by atoms with Crippen molar-refractivity contribution in [3.63, 3.8) is 0 Å². The fraction of sp³-hybridized carbons (Fsp3) is 0.357. The Bertz CT molecular complexity index is 492. The zero-order valence-corrected chi connectivity index (χ0v) is 11.0. The van der Waals surface area contributed by atoms with E-state index in [1.165, 1.54) is 11.1 Å². The minimum absolute atomic E-state index is 0.847. The van der Waals surface area contributed by atoms with Crippen LogP contribution in [0.5, 0.6) is 0 Å². The van der Waals surface area contributed by atoms with E-state index in [9.17, 15) is 0 Å². The highest BCUT2D eigenvalue weighted by molar-refractivity contribution is 7.13. The molecule has 3 nitrogen and oxygen atoms in total. The number of hydrogen-bond acceptors (Lipinski definition) is 4. The molecule has 1 aromatic heterocycles. The molecule has 0 spiro atoms. The largest absolute Gasteiger partial charge is 0.379 e. The molecule has 0 amide bonds. The van der Waals surface area contributed by atoms with Gasteiger partial charge in [0.2, 0.25) is 0 Å². The molecule has 94 valence electrons. The van der Waals surface area contributed by atoms with Gasteiger partial charge in [-0.25, -0.2) is 4.98 Å². The van der Waals surface area contributed by atoms with E-state index in [1.54, 1.807) is 11.3 Å². The van der Waals surface area contributed by atoms with Crippen LogP contribution in [0.25, 0.3) is 10.6 Å². The third kappa shape index (κ3) is 2.61. The number of hydrogen-bond donors (Lipinski definition) is 0. The Labute approximate surface area is 111 Å². The van der Waals surface area contributed by atoms with Gasteiger partial charge in [0.05, 0.1) is 13.2 Å². The first-order valence-corrected chi connectivity index (χ1v) is 7.09. The highest BCUT2D eigenvalue weighted by atomic mass is 32.1. The number of morpholine rings is 1. The Morgan fingerprint density at radius 1 is 1.22 bits per heavy atom. The maximum absolute atomic E-state index is 5.39. The van der Waals surface area contributed by atoms with Gasteiger partial charge in [0.25, 0.3) is 0 Å². The van der Waals surface area contributed by atoms with Crippen LogP contribution in [0.15, 0.2) is 35.8 Å². The maximum Gasteiger partial charge on any atom is 0.123 e. The number of nitrogens with zero attached hydrogens (tertiary/aromatic N) is 2. The standard InChI is InChI=1S/C14H16N2OS/c1-2-4-13(14-15-5-10-18-14)12(3-1)11-16-6-8-17-9-7-16/h1-5,10H,6-9,11H2. The molecule has 0 unspecified atom stereocenters. The van der Waals surface area contributed by atoms with Gasteiger partial charge in [-0.3, -0.25) is 4.90 Å². The molecular formula is C14H16N2OS. The summed E-state index contributed by atoms with van der Waals surface area (Å²) >= 11 is 1.70. The molecule has 1 aliphatic heterocycles. The van der Waals surface area contributed by atoms with E-state index in [2.05, 4.69) is 34.1 Å². The minimum atomic E-state index is 0.847. The van der Waals surface area contributed by atoms with Crippen molar-refractivity contribution in [2.24, 2.45) is 0 Å². The fourth-order valence-corrected chi connectivity index (χ4v) is 2.92. The molecular weight excluding hydrogens is 244 g/mol. The highest BCUT2D eigenvalue weighted by Crippen LogP contribution is 2.26. The van der Waals surface area contributed by atoms with E-state index in [1.807, 2.05) is 11.6 Å². The zero-order chi connectivity index (χ0) is 12.2. The molecule has 1 aromatic carbocycles. The summed E-state index contributed by atoms with van der Waals surface area (Å²) < 4.78 is 5.39. The zero-order valence-electron chi connectivity index (χ0n) is 10.2. The lowest BCUT2D eigenvalue weighted by Gasteiger charge is -2.27. The first-order chi connectivity index (χ1) is 8.93.